The van der Waals surface area contributed by atoms with Crippen LogP contribution in [0.4, 0.5) is 0 Å². The van der Waals surface area contributed by atoms with Gasteiger partial charge in [0.15, 0.2) is 0 Å². The topological polar surface area (TPSA) is 9.23 Å². The molecule has 0 aromatic heterocycles. The van der Waals surface area contributed by atoms with Crippen LogP contribution in [0.2, 0.25) is 0 Å². The first kappa shape index (κ1) is 15.0. The maximum absolute atomic E-state index is 6.03. The Morgan fingerprint density at radius 1 is 0.533 bits per heavy atom. The van der Waals surface area contributed by atoms with Crippen LogP contribution in [0, 0.1) is 16.2 Å². The van der Waals surface area contributed by atoms with Gasteiger partial charge in [0.2, 0.25) is 0 Å². The molecule has 0 saturated carbocycles. The summed E-state index contributed by atoms with van der Waals surface area (Å²) in [6, 6.07) is 0. The number of rotatable bonds is 1. The number of hydrogen-bond donors (Lipinski definition) is 0. The summed E-state index contributed by atoms with van der Waals surface area (Å²) in [5.74, 6) is 0. The zero-order valence-corrected chi connectivity index (χ0v) is 12.4. The molecule has 0 aliphatic heterocycles. The zero-order valence-electron chi connectivity index (χ0n) is 12.4. The summed E-state index contributed by atoms with van der Waals surface area (Å²) in [7, 11) is 1.85. The van der Waals surface area contributed by atoms with Crippen LogP contribution in [0.15, 0.2) is 0 Å². The van der Waals surface area contributed by atoms with E-state index in [1.165, 1.54) is 0 Å². The third-order valence-electron chi connectivity index (χ3n) is 3.47. The molecule has 0 N–H and O–H groups in total. The SMILES string of the molecule is COC(C(C)(C)C)(C(C)(C)C)C(C)(C)C. The van der Waals surface area contributed by atoms with Crippen molar-refractivity contribution in [1.82, 2.24) is 0 Å². The zero-order chi connectivity index (χ0) is 12.7. The Balaban J connectivity index is 5.78. The van der Waals surface area contributed by atoms with Gasteiger partial charge in [-0.15, -0.1) is 0 Å². The summed E-state index contributed by atoms with van der Waals surface area (Å²) in [6.45, 7) is 20.4. The van der Waals surface area contributed by atoms with Gasteiger partial charge in [0.1, 0.15) is 0 Å². The van der Waals surface area contributed by atoms with Crippen LogP contribution in [0.1, 0.15) is 62.3 Å². The van der Waals surface area contributed by atoms with E-state index in [4.69, 9.17) is 4.74 Å². The van der Waals surface area contributed by atoms with Gasteiger partial charge in [0.05, 0.1) is 5.60 Å². The molecule has 0 fully saturated rings. The van der Waals surface area contributed by atoms with Crippen molar-refractivity contribution in [2.45, 2.75) is 67.9 Å². The second-order valence-corrected chi connectivity index (χ2v) is 7.64. The van der Waals surface area contributed by atoms with Gasteiger partial charge < -0.3 is 4.74 Å². The highest BCUT2D eigenvalue weighted by Gasteiger charge is 2.58. The summed E-state index contributed by atoms with van der Waals surface area (Å²) in [5.41, 5.74) is 0.182. The van der Waals surface area contributed by atoms with Gasteiger partial charge in [-0.3, -0.25) is 0 Å². The van der Waals surface area contributed by atoms with Gasteiger partial charge >= 0.3 is 0 Å². The molecule has 0 aliphatic rings. The minimum absolute atomic E-state index is 0.109. The largest absolute Gasteiger partial charge is 0.377 e. The van der Waals surface area contributed by atoms with E-state index in [2.05, 4.69) is 62.3 Å². The second-order valence-electron chi connectivity index (χ2n) is 7.64. The van der Waals surface area contributed by atoms with Crippen molar-refractivity contribution in [1.29, 1.82) is 0 Å². The monoisotopic (exact) mass is 214 g/mol. The number of ether oxygens (including phenoxy) is 1. The van der Waals surface area contributed by atoms with Crippen molar-refractivity contribution >= 4 is 0 Å². The van der Waals surface area contributed by atoms with E-state index in [-0.39, 0.29) is 21.8 Å². The molecule has 0 heterocycles. The van der Waals surface area contributed by atoms with Crippen molar-refractivity contribution in [3.8, 4) is 0 Å². The van der Waals surface area contributed by atoms with Crippen molar-refractivity contribution in [2.24, 2.45) is 16.2 Å². The normalized spacial score (nSPS) is 15.6. The Morgan fingerprint density at radius 3 is 0.733 bits per heavy atom. The molecule has 0 unspecified atom stereocenters. The van der Waals surface area contributed by atoms with E-state index in [0.29, 0.717) is 0 Å². The molecular weight excluding hydrogens is 184 g/mol. The lowest BCUT2D eigenvalue weighted by Crippen LogP contribution is -2.62. The lowest BCUT2D eigenvalue weighted by atomic mass is 9.52. The minimum atomic E-state index is -0.146. The Morgan fingerprint density at radius 2 is 0.733 bits per heavy atom. The summed E-state index contributed by atoms with van der Waals surface area (Å²) in [5, 5.41) is 0. The van der Waals surface area contributed by atoms with Gasteiger partial charge in [0.25, 0.3) is 0 Å². The van der Waals surface area contributed by atoms with Crippen LogP contribution in [0.5, 0.6) is 0 Å². The summed E-state index contributed by atoms with van der Waals surface area (Å²) in [4.78, 5) is 0. The third-order valence-corrected chi connectivity index (χ3v) is 3.47. The molecular formula is C14H30O. The lowest BCUT2D eigenvalue weighted by Gasteiger charge is -2.59. The minimum Gasteiger partial charge on any atom is -0.377 e. The van der Waals surface area contributed by atoms with Crippen LogP contribution < -0.4 is 0 Å². The Labute approximate surface area is 96.6 Å². The highest BCUT2D eigenvalue weighted by Crippen LogP contribution is 2.56. The van der Waals surface area contributed by atoms with Crippen LogP contribution >= 0.6 is 0 Å². The van der Waals surface area contributed by atoms with E-state index in [0.717, 1.165) is 0 Å². The van der Waals surface area contributed by atoms with Gasteiger partial charge in [-0.1, -0.05) is 62.3 Å². The summed E-state index contributed by atoms with van der Waals surface area (Å²) in [6.07, 6.45) is 0. The fraction of sp³-hybridized carbons (Fsp3) is 1.00. The maximum atomic E-state index is 6.03. The van der Waals surface area contributed by atoms with Crippen molar-refractivity contribution < 1.29 is 4.74 Å². The van der Waals surface area contributed by atoms with Gasteiger partial charge in [-0.25, -0.2) is 0 Å². The molecule has 92 valence electrons. The lowest BCUT2D eigenvalue weighted by molar-refractivity contribution is -0.222. The molecule has 0 saturated heterocycles. The van der Waals surface area contributed by atoms with Crippen LogP contribution in [0.25, 0.3) is 0 Å². The van der Waals surface area contributed by atoms with Crippen LogP contribution in [-0.4, -0.2) is 12.7 Å². The first-order valence-corrected chi connectivity index (χ1v) is 5.86. The number of hydrogen-bond acceptors (Lipinski definition) is 1. The Kier molecular flexibility index (Phi) is 3.75. The van der Waals surface area contributed by atoms with E-state index < -0.39 is 0 Å². The highest BCUT2D eigenvalue weighted by atomic mass is 16.5. The molecule has 0 aromatic rings. The van der Waals surface area contributed by atoms with Gasteiger partial charge in [-0.05, 0) is 16.2 Å². The molecule has 0 rings (SSSR count). The van der Waals surface area contributed by atoms with E-state index >= 15 is 0 Å². The maximum Gasteiger partial charge on any atom is 0.0822 e. The number of methoxy groups -OCH3 is 1. The van der Waals surface area contributed by atoms with Crippen molar-refractivity contribution in [3.63, 3.8) is 0 Å². The van der Waals surface area contributed by atoms with Crippen molar-refractivity contribution in [2.75, 3.05) is 7.11 Å². The third kappa shape index (κ3) is 2.22. The first-order valence-electron chi connectivity index (χ1n) is 5.86. The first-order chi connectivity index (χ1) is 6.31. The standard InChI is InChI=1S/C14H30O/c1-11(2,3)14(15-10,12(4,5)6)13(7,8)9/h1-10H3. The molecule has 0 atom stereocenters. The fourth-order valence-electron chi connectivity index (χ4n) is 4.29. The Hall–Kier alpha value is -0.0400. The van der Waals surface area contributed by atoms with E-state index in [1.807, 2.05) is 7.11 Å². The molecule has 0 radical (unpaired) electrons. The predicted molar refractivity (Wildman–Crippen MR) is 68.1 cm³/mol. The van der Waals surface area contributed by atoms with E-state index in [1.54, 1.807) is 0 Å². The predicted octanol–water partition coefficient (Wildman–Crippen LogP) is 4.51. The van der Waals surface area contributed by atoms with Crippen LogP contribution in [0.3, 0.4) is 0 Å². The second kappa shape index (κ2) is 3.76. The molecule has 0 amide bonds. The smallest absolute Gasteiger partial charge is 0.0822 e. The average Bonchev–Trinajstić information content (AvgIpc) is 1.76. The van der Waals surface area contributed by atoms with E-state index in [9.17, 15) is 0 Å². The molecule has 0 aliphatic carbocycles. The van der Waals surface area contributed by atoms with Gasteiger partial charge in [0, 0.05) is 7.11 Å². The van der Waals surface area contributed by atoms with Crippen molar-refractivity contribution in [3.05, 3.63) is 0 Å². The Bertz CT molecular complexity index is 171. The molecule has 0 aromatic carbocycles. The average molecular weight is 214 g/mol. The quantitative estimate of drug-likeness (QED) is 0.624. The van der Waals surface area contributed by atoms with Crippen LogP contribution in [-0.2, 0) is 4.74 Å². The molecule has 0 bridgehead atoms. The summed E-state index contributed by atoms with van der Waals surface area (Å²) >= 11 is 0. The molecule has 0 spiro atoms. The summed E-state index contributed by atoms with van der Waals surface area (Å²) < 4.78 is 6.03. The molecule has 15 heavy (non-hydrogen) atoms. The van der Waals surface area contributed by atoms with Gasteiger partial charge in [-0.2, -0.15) is 0 Å². The molecule has 1 heteroatoms. The molecule has 1 nitrogen and oxygen atoms in total. The fourth-order valence-corrected chi connectivity index (χ4v) is 4.29. The highest BCUT2D eigenvalue weighted by molar-refractivity contribution is 5.07.